The molecule has 8 heteroatoms. The van der Waals surface area contributed by atoms with E-state index in [0.717, 1.165) is 18.5 Å². The molecule has 2 aliphatic rings. The highest BCUT2D eigenvalue weighted by Crippen LogP contribution is 2.35. The minimum atomic E-state index is -0.840. The van der Waals surface area contributed by atoms with Gasteiger partial charge < -0.3 is 24.3 Å². The van der Waals surface area contributed by atoms with Crippen LogP contribution in [0.5, 0.6) is 0 Å². The van der Waals surface area contributed by atoms with Gasteiger partial charge in [-0.25, -0.2) is 4.98 Å². The molecule has 27 heavy (non-hydrogen) atoms. The fourth-order valence-corrected chi connectivity index (χ4v) is 3.68. The van der Waals surface area contributed by atoms with Gasteiger partial charge in [-0.05, 0) is 37.8 Å². The molecular weight excluding hydrogens is 348 g/mol. The predicted molar refractivity (Wildman–Crippen MR) is 95.6 cm³/mol. The van der Waals surface area contributed by atoms with Crippen LogP contribution in [0.15, 0.2) is 29.1 Å². The summed E-state index contributed by atoms with van der Waals surface area (Å²) in [6, 6.07) is 3.56. The van der Waals surface area contributed by atoms with Crippen molar-refractivity contribution in [2.75, 3.05) is 6.54 Å². The molecule has 0 radical (unpaired) electrons. The van der Waals surface area contributed by atoms with Crippen molar-refractivity contribution in [3.8, 4) is 0 Å². The first-order valence-electron chi connectivity index (χ1n) is 9.39. The monoisotopic (exact) mass is 372 g/mol. The molecule has 0 bridgehead atoms. The molecule has 2 aromatic rings. The lowest BCUT2D eigenvalue weighted by Crippen LogP contribution is -2.43. The zero-order valence-corrected chi connectivity index (χ0v) is 15.2. The maximum absolute atomic E-state index is 12.7. The molecule has 3 heterocycles. The van der Waals surface area contributed by atoms with E-state index >= 15 is 0 Å². The summed E-state index contributed by atoms with van der Waals surface area (Å²) in [5.41, 5.74) is 0.231. The van der Waals surface area contributed by atoms with Gasteiger partial charge in [0.05, 0.1) is 43.4 Å². The van der Waals surface area contributed by atoms with E-state index in [9.17, 15) is 14.7 Å². The third-order valence-electron chi connectivity index (χ3n) is 5.45. The van der Waals surface area contributed by atoms with Gasteiger partial charge in [-0.15, -0.1) is 0 Å². The second-order valence-electron chi connectivity index (χ2n) is 7.42. The van der Waals surface area contributed by atoms with Gasteiger partial charge in [0.1, 0.15) is 5.76 Å². The van der Waals surface area contributed by atoms with Gasteiger partial charge in [-0.1, -0.05) is 0 Å². The Balaban J connectivity index is 1.45. The van der Waals surface area contributed by atoms with Crippen molar-refractivity contribution in [2.45, 2.75) is 57.3 Å². The molecule has 1 aliphatic heterocycles. The molecule has 1 fully saturated rings. The number of amides is 2. The van der Waals surface area contributed by atoms with Gasteiger partial charge in [-0.3, -0.25) is 9.59 Å². The van der Waals surface area contributed by atoms with E-state index in [4.69, 9.17) is 4.42 Å². The minimum Gasteiger partial charge on any atom is -0.467 e. The standard InChI is InChI=1S/C19H24N4O4/c24-16(10-19(26)5-2-6-19)22-7-3-8-23-13-21-17(15(23)12-22)18(25)20-11-14-4-1-9-27-14/h1,4,9,13,26H,2-3,5-8,10-12H2,(H,20,25). The van der Waals surface area contributed by atoms with E-state index in [2.05, 4.69) is 10.3 Å². The SMILES string of the molecule is O=C(NCc1ccco1)c1ncn2c1CN(C(=O)CC1(O)CCC1)CCC2. The molecule has 0 aromatic carbocycles. The number of aromatic nitrogens is 2. The topological polar surface area (TPSA) is 101 Å². The normalized spacial score (nSPS) is 18.3. The van der Waals surface area contributed by atoms with Crippen molar-refractivity contribution < 1.29 is 19.1 Å². The van der Waals surface area contributed by atoms with Crippen LogP contribution >= 0.6 is 0 Å². The van der Waals surface area contributed by atoms with Crippen molar-refractivity contribution in [3.05, 3.63) is 41.9 Å². The summed E-state index contributed by atoms with van der Waals surface area (Å²) < 4.78 is 7.17. The molecule has 0 spiro atoms. The fraction of sp³-hybridized carbons (Fsp3) is 0.526. The highest BCUT2D eigenvalue weighted by atomic mass is 16.3. The van der Waals surface area contributed by atoms with Crippen LogP contribution in [0.25, 0.3) is 0 Å². The van der Waals surface area contributed by atoms with Crippen LogP contribution in [-0.2, 0) is 24.4 Å². The van der Waals surface area contributed by atoms with Crippen molar-refractivity contribution in [1.82, 2.24) is 19.8 Å². The van der Waals surface area contributed by atoms with Crippen LogP contribution < -0.4 is 5.32 Å². The average molecular weight is 372 g/mol. The van der Waals surface area contributed by atoms with E-state index in [1.165, 1.54) is 0 Å². The number of carbonyl (C=O) groups is 2. The van der Waals surface area contributed by atoms with Crippen LogP contribution in [0.3, 0.4) is 0 Å². The van der Waals surface area contributed by atoms with Crippen LogP contribution in [0.4, 0.5) is 0 Å². The number of hydrogen-bond acceptors (Lipinski definition) is 5. The molecule has 1 saturated carbocycles. The van der Waals surface area contributed by atoms with Gasteiger partial charge in [0.2, 0.25) is 5.91 Å². The molecule has 8 nitrogen and oxygen atoms in total. The maximum Gasteiger partial charge on any atom is 0.272 e. The fourth-order valence-electron chi connectivity index (χ4n) is 3.68. The third kappa shape index (κ3) is 3.75. The van der Waals surface area contributed by atoms with Gasteiger partial charge >= 0.3 is 0 Å². The van der Waals surface area contributed by atoms with E-state index < -0.39 is 5.60 Å². The molecule has 0 saturated heterocycles. The molecule has 144 valence electrons. The first-order chi connectivity index (χ1) is 13.0. The van der Waals surface area contributed by atoms with E-state index in [1.54, 1.807) is 29.6 Å². The summed E-state index contributed by atoms with van der Waals surface area (Å²) in [6.45, 7) is 1.94. The van der Waals surface area contributed by atoms with E-state index in [-0.39, 0.29) is 24.8 Å². The van der Waals surface area contributed by atoms with Crippen molar-refractivity contribution in [2.24, 2.45) is 0 Å². The highest BCUT2D eigenvalue weighted by molar-refractivity contribution is 5.93. The molecular formula is C19H24N4O4. The van der Waals surface area contributed by atoms with Gasteiger partial charge in [-0.2, -0.15) is 0 Å². The second kappa shape index (κ2) is 7.19. The Labute approximate surface area is 157 Å². The number of carbonyl (C=O) groups excluding carboxylic acids is 2. The number of nitrogens with one attached hydrogen (secondary N) is 1. The van der Waals surface area contributed by atoms with Crippen molar-refractivity contribution in [1.29, 1.82) is 0 Å². The van der Waals surface area contributed by atoms with Crippen LogP contribution in [0.1, 0.15) is 54.0 Å². The Morgan fingerprint density at radius 3 is 2.85 bits per heavy atom. The summed E-state index contributed by atoms with van der Waals surface area (Å²) in [7, 11) is 0. The van der Waals surface area contributed by atoms with E-state index in [0.29, 0.717) is 43.9 Å². The third-order valence-corrected chi connectivity index (χ3v) is 5.45. The number of aryl methyl sites for hydroxylation is 1. The first-order valence-corrected chi connectivity index (χ1v) is 9.39. The van der Waals surface area contributed by atoms with Crippen molar-refractivity contribution >= 4 is 11.8 Å². The van der Waals surface area contributed by atoms with Crippen LogP contribution in [-0.4, -0.2) is 43.5 Å². The van der Waals surface area contributed by atoms with Gasteiger partial charge in [0.15, 0.2) is 5.69 Å². The summed E-state index contributed by atoms with van der Waals surface area (Å²) in [5.74, 6) is 0.319. The zero-order valence-electron chi connectivity index (χ0n) is 15.2. The number of nitrogens with zero attached hydrogens (tertiary/aromatic N) is 3. The Bertz CT molecular complexity index is 823. The summed E-state index contributed by atoms with van der Waals surface area (Å²) in [5, 5.41) is 13.1. The number of imidazole rings is 1. The molecule has 0 unspecified atom stereocenters. The average Bonchev–Trinajstić information content (AvgIpc) is 3.23. The van der Waals surface area contributed by atoms with Gasteiger partial charge in [0, 0.05) is 13.1 Å². The quantitative estimate of drug-likeness (QED) is 0.827. The second-order valence-corrected chi connectivity index (χ2v) is 7.42. The molecule has 2 N–H and O–H groups in total. The number of rotatable bonds is 5. The summed E-state index contributed by atoms with van der Waals surface area (Å²) in [6.07, 6.45) is 6.50. The number of aliphatic hydroxyl groups is 1. The molecule has 2 amide bonds. The Morgan fingerprint density at radius 2 is 2.15 bits per heavy atom. The largest absolute Gasteiger partial charge is 0.467 e. The lowest BCUT2D eigenvalue weighted by Gasteiger charge is -2.37. The molecule has 1 aliphatic carbocycles. The smallest absolute Gasteiger partial charge is 0.272 e. The Kier molecular flexibility index (Phi) is 4.73. The summed E-state index contributed by atoms with van der Waals surface area (Å²) >= 11 is 0. The number of hydrogen-bond donors (Lipinski definition) is 2. The van der Waals surface area contributed by atoms with Gasteiger partial charge in [0.25, 0.3) is 5.91 Å². The Hall–Kier alpha value is -2.61. The first kappa shape index (κ1) is 17.8. The van der Waals surface area contributed by atoms with Crippen molar-refractivity contribution in [3.63, 3.8) is 0 Å². The molecule has 0 atom stereocenters. The zero-order chi connectivity index (χ0) is 18.9. The summed E-state index contributed by atoms with van der Waals surface area (Å²) in [4.78, 5) is 31.3. The van der Waals surface area contributed by atoms with Crippen LogP contribution in [0, 0.1) is 0 Å². The maximum atomic E-state index is 12.7. The minimum absolute atomic E-state index is 0.0613. The molecule has 2 aromatic heterocycles. The lowest BCUT2D eigenvalue weighted by molar-refractivity contribution is -0.141. The number of fused-ring (bicyclic) bond motifs is 1. The predicted octanol–water partition coefficient (Wildman–Crippen LogP) is 1.44. The van der Waals surface area contributed by atoms with Crippen LogP contribution in [0.2, 0.25) is 0 Å². The Morgan fingerprint density at radius 1 is 1.30 bits per heavy atom. The van der Waals surface area contributed by atoms with E-state index in [1.807, 2.05) is 4.57 Å². The number of furan rings is 1. The highest BCUT2D eigenvalue weighted by Gasteiger charge is 2.38. The molecule has 4 rings (SSSR count). The lowest BCUT2D eigenvalue weighted by atomic mass is 9.77.